The van der Waals surface area contributed by atoms with Crippen molar-refractivity contribution in [1.29, 1.82) is 0 Å². The van der Waals surface area contributed by atoms with Crippen molar-refractivity contribution in [1.82, 2.24) is 35.1 Å². The molecule has 2 aromatic heterocycles. The predicted octanol–water partition coefficient (Wildman–Crippen LogP) is 7.80. The van der Waals surface area contributed by atoms with Crippen molar-refractivity contribution in [3.8, 4) is 33.6 Å². The van der Waals surface area contributed by atoms with Crippen LogP contribution in [0, 0.1) is 5.41 Å². The van der Waals surface area contributed by atoms with E-state index in [0.717, 1.165) is 77.3 Å². The number of fused-ring (bicyclic) bond motifs is 4. The molecule has 58 heavy (non-hydrogen) atoms. The first-order valence-corrected chi connectivity index (χ1v) is 19.2. The van der Waals surface area contributed by atoms with Gasteiger partial charge >= 0.3 is 12.2 Å². The molecule has 1 saturated carbocycles. The van der Waals surface area contributed by atoms with Gasteiger partial charge in [-0.3, -0.25) is 9.69 Å². The maximum atomic E-state index is 13.7. The number of aromatic nitrogens is 4. The van der Waals surface area contributed by atoms with Gasteiger partial charge in [0.1, 0.15) is 23.3 Å². The Balaban J connectivity index is 0.00000214. The molecule has 5 heterocycles. The topological polar surface area (TPSA) is 155 Å². The Morgan fingerprint density at radius 2 is 1.59 bits per heavy atom. The van der Waals surface area contributed by atoms with Crippen LogP contribution < -0.4 is 5.32 Å². The molecule has 2 saturated heterocycles. The highest BCUT2D eigenvalue weighted by molar-refractivity contribution is 7.59. The molecule has 0 unspecified atom stereocenters. The number of rotatable bonds is 5. The van der Waals surface area contributed by atoms with Crippen LogP contribution in [-0.2, 0) is 25.6 Å². The Labute approximate surface area is 360 Å². The number of carbonyl (C=O) groups excluding carboxylic acids is 3. The molecule has 16 heteroatoms. The molecule has 3 fully saturated rings. The molecule has 312 valence electrons. The maximum absolute atomic E-state index is 13.7. The summed E-state index contributed by atoms with van der Waals surface area (Å²) in [4.78, 5) is 59.4. The van der Waals surface area contributed by atoms with Crippen molar-refractivity contribution in [3.05, 3.63) is 84.2 Å². The van der Waals surface area contributed by atoms with Crippen LogP contribution in [0.4, 0.5) is 9.59 Å². The molecule has 3 N–H and O–H groups in total. The third kappa shape index (κ3) is 9.56. The summed E-state index contributed by atoms with van der Waals surface area (Å²) < 4.78 is 16.6. The Morgan fingerprint density at radius 1 is 0.914 bits per heavy atom. The van der Waals surface area contributed by atoms with Crippen LogP contribution >= 0.6 is 40.5 Å². The maximum Gasteiger partial charge on any atom is 0.410 e. The van der Waals surface area contributed by atoms with Crippen molar-refractivity contribution in [3.63, 3.8) is 0 Å². The highest BCUT2D eigenvalue weighted by atomic mass is 32.1. The fourth-order valence-corrected chi connectivity index (χ4v) is 8.07. The van der Waals surface area contributed by atoms with Gasteiger partial charge in [-0.25, -0.2) is 19.6 Å². The summed E-state index contributed by atoms with van der Waals surface area (Å²) in [6.07, 6.45) is 9.75. The number of carbonyl (C=O) groups is 3. The van der Waals surface area contributed by atoms with Crippen LogP contribution in [0.2, 0.25) is 0 Å². The van der Waals surface area contributed by atoms with Gasteiger partial charge in [-0.15, -0.1) is 0 Å². The molecule has 2 aromatic carbocycles. The number of H-pyrrole nitrogens is 2. The number of amides is 3. The van der Waals surface area contributed by atoms with E-state index in [0.29, 0.717) is 38.5 Å². The van der Waals surface area contributed by atoms with Gasteiger partial charge in [-0.2, -0.15) is 40.5 Å². The summed E-state index contributed by atoms with van der Waals surface area (Å²) in [6, 6.07) is 15.6. The lowest BCUT2D eigenvalue weighted by molar-refractivity contribution is -0.134. The van der Waals surface area contributed by atoms with E-state index in [2.05, 4.69) is 63.8 Å². The lowest BCUT2D eigenvalue weighted by atomic mass is 10.0. The lowest BCUT2D eigenvalue weighted by Gasteiger charge is -2.27. The van der Waals surface area contributed by atoms with E-state index in [9.17, 15) is 14.4 Å². The second-order valence-corrected chi connectivity index (χ2v) is 16.2. The Kier molecular flexibility index (Phi) is 14.1. The SMILES string of the molecule is COC(=O)N[C@H]1C/C=C/COCc2[nH]c(nc2-c2ccc(-c3ccc(-c4cnc([C@@H]5CC6(CC6)CN5C(=O)OC(C)(C)C)[nH]4)cc3)cc2)[C@@H]2CCCN2C1=O.S.S.S. The minimum absolute atomic E-state index is 0. The minimum atomic E-state index is -0.749. The summed E-state index contributed by atoms with van der Waals surface area (Å²) >= 11 is 0. The summed E-state index contributed by atoms with van der Waals surface area (Å²) in [7, 11) is 1.29. The molecular formula is C42H55N7O6S3. The molecule has 8 rings (SSSR count). The number of hydrogen-bond acceptors (Lipinski definition) is 8. The first-order chi connectivity index (χ1) is 26.5. The number of imidazole rings is 2. The zero-order chi connectivity index (χ0) is 38.3. The van der Waals surface area contributed by atoms with Gasteiger partial charge in [0.05, 0.1) is 55.7 Å². The van der Waals surface area contributed by atoms with Gasteiger partial charge in [0.15, 0.2) is 0 Å². The van der Waals surface area contributed by atoms with Crippen LogP contribution in [0.5, 0.6) is 0 Å². The smallest absolute Gasteiger partial charge is 0.410 e. The molecular weight excluding hydrogens is 795 g/mol. The molecule has 4 aromatic rings. The predicted molar refractivity (Wildman–Crippen MR) is 237 cm³/mol. The van der Waals surface area contributed by atoms with Crippen molar-refractivity contribution in [2.45, 2.75) is 89.6 Å². The highest BCUT2D eigenvalue weighted by Gasteiger charge is 2.55. The van der Waals surface area contributed by atoms with E-state index in [1.54, 1.807) is 0 Å². The van der Waals surface area contributed by atoms with E-state index in [4.69, 9.17) is 24.2 Å². The number of hydrogen-bond donors (Lipinski definition) is 3. The average molecular weight is 850 g/mol. The minimum Gasteiger partial charge on any atom is -0.453 e. The second-order valence-electron chi connectivity index (χ2n) is 16.2. The standard InChI is InChI=1S/C42H49N7O6.3H2S/c1-41(2,3)55-40(52)49-25-42(18-19-42)22-34(49)36-43-23-31(44-36)28-14-10-26(11-15-28)27-12-16-29(17-13-27)35-32-24-54-21-6-5-8-30(46-39(51)53-4)38(50)48-20-7-9-33(48)37(45-32)47-35;;;/h5-6,10-17,23,30,33-34H,7-9,18-22,24-25H2,1-4H3,(H,43,44)(H,45,47)(H,46,51);3*1H2/b6-5+;;;/t30-,33-,34-;;;/m0.../s1. The van der Waals surface area contributed by atoms with Crippen molar-refractivity contribution < 1.29 is 28.6 Å². The number of methoxy groups -OCH3 is 1. The van der Waals surface area contributed by atoms with E-state index in [1.165, 1.54) is 7.11 Å². The third-order valence-electron chi connectivity index (χ3n) is 11.1. The number of nitrogens with zero attached hydrogens (tertiary/aromatic N) is 4. The summed E-state index contributed by atoms with van der Waals surface area (Å²) in [5.74, 6) is 1.34. The van der Waals surface area contributed by atoms with Gasteiger partial charge in [-0.05, 0) is 81.4 Å². The average Bonchev–Trinajstić information content (AvgIpc) is 3.66. The molecule has 13 nitrogen and oxygen atoms in total. The summed E-state index contributed by atoms with van der Waals surface area (Å²) in [5.41, 5.74) is 6.26. The Bertz CT molecular complexity index is 2090. The van der Waals surface area contributed by atoms with Crippen LogP contribution in [-0.4, -0.2) is 86.3 Å². The van der Waals surface area contributed by atoms with Gasteiger partial charge in [0.2, 0.25) is 5.91 Å². The van der Waals surface area contributed by atoms with E-state index < -0.39 is 17.7 Å². The number of likely N-dealkylation sites (tertiary alicyclic amines) is 1. The quantitative estimate of drug-likeness (QED) is 0.172. The highest BCUT2D eigenvalue weighted by Crippen LogP contribution is 2.58. The van der Waals surface area contributed by atoms with E-state index in [1.807, 2.05) is 48.9 Å². The fourth-order valence-electron chi connectivity index (χ4n) is 8.07. The van der Waals surface area contributed by atoms with Crippen LogP contribution in [0.1, 0.15) is 88.7 Å². The molecule has 3 amide bonds. The number of nitrogens with one attached hydrogen (secondary N) is 3. The summed E-state index contributed by atoms with van der Waals surface area (Å²) in [6.45, 7) is 7.66. The zero-order valence-corrected chi connectivity index (χ0v) is 36.4. The largest absolute Gasteiger partial charge is 0.453 e. The van der Waals surface area contributed by atoms with Crippen molar-refractivity contribution in [2.75, 3.05) is 26.8 Å². The van der Waals surface area contributed by atoms with Gasteiger partial charge in [0.25, 0.3) is 0 Å². The van der Waals surface area contributed by atoms with Gasteiger partial charge in [-0.1, -0.05) is 60.7 Å². The van der Waals surface area contributed by atoms with E-state index in [-0.39, 0.29) is 70.0 Å². The molecule has 3 aliphatic heterocycles. The first kappa shape index (κ1) is 44.7. The monoisotopic (exact) mass is 849 g/mol. The molecule has 3 atom stereocenters. The van der Waals surface area contributed by atoms with Crippen LogP contribution in [0.25, 0.3) is 33.6 Å². The van der Waals surface area contributed by atoms with Gasteiger partial charge < -0.3 is 34.4 Å². The molecule has 4 aliphatic rings. The summed E-state index contributed by atoms with van der Waals surface area (Å²) in [5, 5.41) is 2.70. The Morgan fingerprint density at radius 3 is 2.24 bits per heavy atom. The third-order valence-corrected chi connectivity index (χ3v) is 11.1. The number of alkyl carbamates (subject to hydrolysis) is 1. The van der Waals surface area contributed by atoms with Crippen molar-refractivity contribution in [2.24, 2.45) is 5.41 Å². The molecule has 1 spiro atoms. The number of ether oxygens (including phenoxy) is 3. The van der Waals surface area contributed by atoms with Crippen LogP contribution in [0.3, 0.4) is 0 Å². The normalized spacial score (nSPS) is 21.5. The first-order valence-electron chi connectivity index (χ1n) is 19.2. The Hall–Kier alpha value is -4.38. The van der Waals surface area contributed by atoms with Crippen molar-refractivity contribution >= 4 is 58.6 Å². The zero-order valence-electron chi connectivity index (χ0n) is 33.4. The fraction of sp³-hybridized carbons (Fsp3) is 0.452. The number of benzene rings is 2. The van der Waals surface area contributed by atoms with Gasteiger partial charge in [0, 0.05) is 18.7 Å². The lowest BCUT2D eigenvalue weighted by Crippen LogP contribution is -2.48. The molecule has 0 radical (unpaired) electrons. The second kappa shape index (κ2) is 18.3. The van der Waals surface area contributed by atoms with Crippen LogP contribution in [0.15, 0.2) is 66.9 Å². The molecule has 1 aliphatic carbocycles. The molecule has 2 bridgehead atoms. The van der Waals surface area contributed by atoms with E-state index >= 15 is 0 Å². The number of aromatic amines is 2.